The molecule has 2 N–H and O–H groups in total. The highest BCUT2D eigenvalue weighted by molar-refractivity contribution is 5.81. The first-order valence-electron chi connectivity index (χ1n) is 6.03. The van der Waals surface area contributed by atoms with Crippen LogP contribution in [0.25, 0.3) is 0 Å². The predicted octanol–water partition coefficient (Wildman–Crippen LogP) is -0.386. The van der Waals surface area contributed by atoms with Crippen molar-refractivity contribution < 1.29 is 4.79 Å². The smallest absolute Gasteiger partial charge is 0.237 e. The van der Waals surface area contributed by atoms with E-state index in [1.165, 1.54) is 0 Å². The van der Waals surface area contributed by atoms with E-state index in [0.717, 1.165) is 31.6 Å². The monoisotopic (exact) mass is 237 g/mol. The number of hydrogen-bond acceptors (Lipinski definition) is 4. The summed E-state index contributed by atoms with van der Waals surface area (Å²) in [6.07, 6.45) is 4.70. The van der Waals surface area contributed by atoms with Gasteiger partial charge in [-0.1, -0.05) is 0 Å². The number of aromatic nitrogens is 3. The maximum absolute atomic E-state index is 11.6. The van der Waals surface area contributed by atoms with Gasteiger partial charge in [0.05, 0.1) is 6.04 Å². The molecule has 6 nitrogen and oxygen atoms in total. The van der Waals surface area contributed by atoms with E-state index < -0.39 is 0 Å². The number of rotatable bonds is 6. The van der Waals surface area contributed by atoms with Crippen molar-refractivity contribution in [1.29, 1.82) is 0 Å². The molecule has 1 amide bonds. The zero-order chi connectivity index (χ0) is 12.3. The number of carbonyl (C=O) groups is 1. The number of amides is 1. The van der Waals surface area contributed by atoms with Gasteiger partial charge in [0.25, 0.3) is 0 Å². The minimum absolute atomic E-state index is 0.0884. The molecule has 0 bridgehead atoms. The molecule has 0 saturated heterocycles. The van der Waals surface area contributed by atoms with Crippen LogP contribution in [0.2, 0.25) is 0 Å². The minimum atomic E-state index is -0.149. The van der Waals surface area contributed by atoms with Gasteiger partial charge in [0, 0.05) is 26.1 Å². The van der Waals surface area contributed by atoms with Crippen molar-refractivity contribution in [3.63, 3.8) is 0 Å². The Bertz CT molecular complexity index is 385. The number of carbonyl (C=O) groups excluding carboxylic acids is 1. The Morgan fingerprint density at radius 2 is 2.41 bits per heavy atom. The van der Waals surface area contributed by atoms with E-state index in [1.54, 1.807) is 6.33 Å². The zero-order valence-corrected chi connectivity index (χ0v) is 10.3. The van der Waals surface area contributed by atoms with Crippen LogP contribution < -0.4 is 10.6 Å². The van der Waals surface area contributed by atoms with E-state index in [2.05, 4.69) is 20.8 Å². The third kappa shape index (κ3) is 3.52. The summed E-state index contributed by atoms with van der Waals surface area (Å²) in [4.78, 5) is 11.6. The molecule has 1 atom stereocenters. The number of nitrogens with one attached hydrogen (secondary N) is 2. The molecule has 1 fully saturated rings. The average molecular weight is 237 g/mol. The highest BCUT2D eigenvalue weighted by Gasteiger charge is 2.25. The zero-order valence-electron chi connectivity index (χ0n) is 10.3. The second-order valence-corrected chi connectivity index (χ2v) is 4.57. The third-order valence-corrected chi connectivity index (χ3v) is 2.92. The van der Waals surface area contributed by atoms with Crippen LogP contribution >= 0.6 is 0 Å². The van der Waals surface area contributed by atoms with Crippen LogP contribution in [-0.4, -0.2) is 39.3 Å². The largest absolute Gasteiger partial charge is 0.352 e. The normalized spacial score (nSPS) is 16.8. The lowest BCUT2D eigenvalue weighted by molar-refractivity contribution is -0.122. The van der Waals surface area contributed by atoms with Gasteiger partial charge in [-0.3, -0.25) is 4.79 Å². The Labute approximate surface area is 101 Å². The Balaban J connectivity index is 1.67. The summed E-state index contributed by atoms with van der Waals surface area (Å²) in [5, 5.41) is 14.0. The standard InChI is InChI=1S/C11H19N5O/c1-8(11(17)14-9-3-4-9)12-6-5-10-15-13-7-16(10)2/h7-9,12H,3-6H2,1-2H3,(H,14,17). The molecular weight excluding hydrogens is 218 g/mol. The van der Waals surface area contributed by atoms with Gasteiger partial charge in [0.2, 0.25) is 5.91 Å². The van der Waals surface area contributed by atoms with Crippen molar-refractivity contribution in [2.75, 3.05) is 6.54 Å². The summed E-state index contributed by atoms with van der Waals surface area (Å²) in [5.41, 5.74) is 0. The maximum atomic E-state index is 11.6. The Morgan fingerprint density at radius 1 is 1.65 bits per heavy atom. The lowest BCUT2D eigenvalue weighted by Gasteiger charge is -2.13. The van der Waals surface area contributed by atoms with Crippen molar-refractivity contribution in [3.8, 4) is 0 Å². The molecule has 0 spiro atoms. The first-order valence-corrected chi connectivity index (χ1v) is 6.03. The lowest BCUT2D eigenvalue weighted by atomic mass is 10.3. The Morgan fingerprint density at radius 3 is 3.00 bits per heavy atom. The Hall–Kier alpha value is -1.43. The van der Waals surface area contributed by atoms with Crippen LogP contribution in [0.15, 0.2) is 6.33 Å². The van der Waals surface area contributed by atoms with Crippen LogP contribution in [0.3, 0.4) is 0 Å². The fourth-order valence-corrected chi connectivity index (χ4v) is 1.58. The van der Waals surface area contributed by atoms with E-state index in [0.29, 0.717) is 6.04 Å². The van der Waals surface area contributed by atoms with E-state index >= 15 is 0 Å². The van der Waals surface area contributed by atoms with Crippen molar-refractivity contribution >= 4 is 5.91 Å². The highest BCUT2D eigenvalue weighted by Crippen LogP contribution is 2.18. The average Bonchev–Trinajstić information content (AvgIpc) is 3.02. The number of hydrogen-bond donors (Lipinski definition) is 2. The first kappa shape index (κ1) is 12.0. The van der Waals surface area contributed by atoms with Crippen LogP contribution in [0, 0.1) is 0 Å². The number of nitrogens with zero attached hydrogens (tertiary/aromatic N) is 3. The van der Waals surface area contributed by atoms with Crippen molar-refractivity contribution in [1.82, 2.24) is 25.4 Å². The second-order valence-electron chi connectivity index (χ2n) is 4.57. The summed E-state index contributed by atoms with van der Waals surface area (Å²) in [6.45, 7) is 2.61. The summed E-state index contributed by atoms with van der Waals surface area (Å²) in [7, 11) is 1.92. The van der Waals surface area contributed by atoms with E-state index in [9.17, 15) is 4.79 Å². The number of aryl methyl sites for hydroxylation is 1. The summed E-state index contributed by atoms with van der Waals surface area (Å²) < 4.78 is 1.89. The lowest BCUT2D eigenvalue weighted by Crippen LogP contribution is -2.43. The molecule has 6 heteroatoms. The van der Waals surface area contributed by atoms with E-state index in [1.807, 2.05) is 18.5 Å². The highest BCUT2D eigenvalue weighted by atomic mass is 16.2. The molecule has 1 aliphatic carbocycles. The molecule has 1 aromatic rings. The van der Waals surface area contributed by atoms with Gasteiger partial charge in [-0.15, -0.1) is 10.2 Å². The molecule has 0 radical (unpaired) electrons. The molecule has 2 rings (SSSR count). The minimum Gasteiger partial charge on any atom is -0.352 e. The summed E-state index contributed by atoms with van der Waals surface area (Å²) in [6, 6.07) is 0.273. The molecule has 94 valence electrons. The Kier molecular flexibility index (Phi) is 3.73. The van der Waals surface area contributed by atoms with E-state index in [-0.39, 0.29) is 11.9 Å². The fourth-order valence-electron chi connectivity index (χ4n) is 1.58. The van der Waals surface area contributed by atoms with Crippen molar-refractivity contribution in [2.45, 2.75) is 38.3 Å². The van der Waals surface area contributed by atoms with Gasteiger partial charge in [-0.2, -0.15) is 0 Å². The summed E-state index contributed by atoms with van der Waals surface area (Å²) in [5.74, 6) is 1.01. The molecular formula is C11H19N5O. The third-order valence-electron chi connectivity index (χ3n) is 2.92. The molecule has 1 heterocycles. The van der Waals surface area contributed by atoms with Crippen molar-refractivity contribution in [2.24, 2.45) is 7.05 Å². The van der Waals surface area contributed by atoms with Crippen LogP contribution in [0.5, 0.6) is 0 Å². The van der Waals surface area contributed by atoms with Crippen LogP contribution in [0.1, 0.15) is 25.6 Å². The second kappa shape index (κ2) is 5.27. The molecule has 0 aromatic carbocycles. The van der Waals surface area contributed by atoms with Crippen molar-refractivity contribution in [3.05, 3.63) is 12.2 Å². The molecule has 1 saturated carbocycles. The summed E-state index contributed by atoms with van der Waals surface area (Å²) >= 11 is 0. The topological polar surface area (TPSA) is 71.8 Å². The quantitative estimate of drug-likeness (QED) is 0.707. The predicted molar refractivity (Wildman–Crippen MR) is 63.3 cm³/mol. The van der Waals surface area contributed by atoms with E-state index in [4.69, 9.17) is 0 Å². The molecule has 17 heavy (non-hydrogen) atoms. The molecule has 1 aliphatic rings. The molecule has 1 aromatic heterocycles. The fraction of sp³-hybridized carbons (Fsp3) is 0.727. The van der Waals surface area contributed by atoms with Crippen LogP contribution in [-0.2, 0) is 18.3 Å². The van der Waals surface area contributed by atoms with Crippen LogP contribution in [0.4, 0.5) is 0 Å². The van der Waals surface area contributed by atoms with Gasteiger partial charge in [-0.25, -0.2) is 0 Å². The van der Waals surface area contributed by atoms with Gasteiger partial charge < -0.3 is 15.2 Å². The van der Waals surface area contributed by atoms with Gasteiger partial charge in [0.1, 0.15) is 12.2 Å². The molecule has 1 unspecified atom stereocenters. The first-order chi connectivity index (χ1) is 8.16. The maximum Gasteiger partial charge on any atom is 0.237 e. The van der Waals surface area contributed by atoms with Gasteiger partial charge in [-0.05, 0) is 19.8 Å². The van der Waals surface area contributed by atoms with Gasteiger partial charge >= 0.3 is 0 Å². The molecule has 0 aliphatic heterocycles. The van der Waals surface area contributed by atoms with Gasteiger partial charge in [0.15, 0.2) is 0 Å². The SMILES string of the molecule is CC(NCCc1nncn1C)C(=O)NC1CC1.